The van der Waals surface area contributed by atoms with E-state index in [9.17, 15) is 0 Å². The second-order valence-corrected chi connectivity index (χ2v) is 4.10. The molecule has 0 spiro atoms. The third-order valence-electron chi connectivity index (χ3n) is 2.72. The second kappa shape index (κ2) is 7.47. The zero-order chi connectivity index (χ0) is 10.9. The van der Waals surface area contributed by atoms with Crippen LogP contribution in [-0.2, 0) is 12.8 Å². The van der Waals surface area contributed by atoms with Crippen LogP contribution in [0.1, 0.15) is 43.7 Å². The molecule has 1 heteroatoms. The number of hydrogen-bond donors (Lipinski definition) is 1. The van der Waals surface area contributed by atoms with Crippen LogP contribution < -0.4 is 0 Å². The van der Waals surface area contributed by atoms with Crippen LogP contribution in [0.25, 0.3) is 0 Å². The Morgan fingerprint density at radius 1 is 0.867 bits per heavy atom. The topological polar surface area (TPSA) is 20.2 Å². The normalized spacial score (nSPS) is 10.5. The minimum atomic E-state index is 0.290. The molecule has 0 bridgehead atoms. The number of benzene rings is 1. The van der Waals surface area contributed by atoms with Crippen LogP contribution in [-0.4, -0.2) is 11.7 Å². The van der Waals surface area contributed by atoms with E-state index in [0.717, 1.165) is 12.8 Å². The number of aliphatic hydroxyl groups is 1. The highest BCUT2D eigenvalue weighted by Gasteiger charge is 1.95. The molecule has 1 N–H and O–H groups in total. The zero-order valence-corrected chi connectivity index (χ0v) is 9.71. The fourth-order valence-corrected chi connectivity index (χ4v) is 1.73. The van der Waals surface area contributed by atoms with Gasteiger partial charge in [0, 0.05) is 6.61 Å². The van der Waals surface area contributed by atoms with Crippen LogP contribution in [0.5, 0.6) is 0 Å². The van der Waals surface area contributed by atoms with E-state index in [1.165, 1.54) is 36.8 Å². The standard InChI is InChI=1S/C14H22O/c1-2-3-4-6-13-8-10-14(11-9-13)7-5-12-15/h8-11,15H,2-7,12H2,1H3. The average molecular weight is 206 g/mol. The summed E-state index contributed by atoms with van der Waals surface area (Å²) in [4.78, 5) is 0. The summed E-state index contributed by atoms with van der Waals surface area (Å²) in [6, 6.07) is 8.83. The van der Waals surface area contributed by atoms with Crippen molar-refractivity contribution in [1.29, 1.82) is 0 Å². The first kappa shape index (κ1) is 12.3. The molecule has 0 fully saturated rings. The van der Waals surface area contributed by atoms with Gasteiger partial charge in [-0.1, -0.05) is 44.0 Å². The lowest BCUT2D eigenvalue weighted by molar-refractivity contribution is 0.288. The van der Waals surface area contributed by atoms with Crippen molar-refractivity contribution in [3.05, 3.63) is 35.4 Å². The molecule has 0 saturated carbocycles. The Morgan fingerprint density at radius 2 is 1.40 bits per heavy atom. The summed E-state index contributed by atoms with van der Waals surface area (Å²) in [5, 5.41) is 8.73. The molecule has 0 aliphatic heterocycles. The van der Waals surface area contributed by atoms with Crippen molar-refractivity contribution in [2.45, 2.75) is 45.4 Å². The average Bonchev–Trinajstić information content (AvgIpc) is 2.28. The van der Waals surface area contributed by atoms with Gasteiger partial charge in [-0.25, -0.2) is 0 Å². The predicted octanol–water partition coefficient (Wildman–Crippen LogP) is 3.34. The van der Waals surface area contributed by atoms with E-state index < -0.39 is 0 Å². The van der Waals surface area contributed by atoms with Crippen molar-refractivity contribution in [2.75, 3.05) is 6.61 Å². The molecule has 0 unspecified atom stereocenters. The molecule has 0 saturated heterocycles. The highest BCUT2D eigenvalue weighted by atomic mass is 16.2. The van der Waals surface area contributed by atoms with Gasteiger partial charge in [0.2, 0.25) is 0 Å². The lowest BCUT2D eigenvalue weighted by Crippen LogP contribution is -1.91. The number of aliphatic hydroxyl groups excluding tert-OH is 1. The summed E-state index contributed by atoms with van der Waals surface area (Å²) < 4.78 is 0. The maximum absolute atomic E-state index is 8.73. The van der Waals surface area contributed by atoms with E-state index >= 15 is 0 Å². The monoisotopic (exact) mass is 206 g/mol. The summed E-state index contributed by atoms with van der Waals surface area (Å²) in [6.07, 6.45) is 6.97. The second-order valence-electron chi connectivity index (χ2n) is 4.10. The summed E-state index contributed by atoms with van der Waals surface area (Å²) in [5.41, 5.74) is 2.78. The van der Waals surface area contributed by atoms with Crippen LogP contribution in [0.15, 0.2) is 24.3 Å². The largest absolute Gasteiger partial charge is 0.396 e. The molecule has 0 aromatic heterocycles. The molecule has 1 nitrogen and oxygen atoms in total. The summed E-state index contributed by atoms with van der Waals surface area (Å²) in [7, 11) is 0. The van der Waals surface area contributed by atoms with Gasteiger partial charge in [-0.3, -0.25) is 0 Å². The van der Waals surface area contributed by atoms with Crippen molar-refractivity contribution in [3.8, 4) is 0 Å². The van der Waals surface area contributed by atoms with Crippen LogP contribution in [0, 0.1) is 0 Å². The maximum Gasteiger partial charge on any atom is 0.0434 e. The van der Waals surface area contributed by atoms with Gasteiger partial charge in [0.15, 0.2) is 0 Å². The van der Waals surface area contributed by atoms with Gasteiger partial charge in [0.05, 0.1) is 0 Å². The van der Waals surface area contributed by atoms with Crippen LogP contribution >= 0.6 is 0 Å². The van der Waals surface area contributed by atoms with Gasteiger partial charge in [-0.2, -0.15) is 0 Å². The first-order valence-corrected chi connectivity index (χ1v) is 6.05. The molecule has 1 aromatic carbocycles. The van der Waals surface area contributed by atoms with E-state index in [1.54, 1.807) is 0 Å². The Kier molecular flexibility index (Phi) is 6.10. The number of rotatable bonds is 7. The fraction of sp³-hybridized carbons (Fsp3) is 0.571. The van der Waals surface area contributed by atoms with E-state index in [-0.39, 0.29) is 6.61 Å². The highest BCUT2D eigenvalue weighted by Crippen LogP contribution is 2.10. The Labute approximate surface area is 93.1 Å². The van der Waals surface area contributed by atoms with Crippen LogP contribution in [0.4, 0.5) is 0 Å². The fourth-order valence-electron chi connectivity index (χ4n) is 1.73. The quantitative estimate of drug-likeness (QED) is 0.678. The van der Waals surface area contributed by atoms with E-state index in [4.69, 9.17) is 5.11 Å². The van der Waals surface area contributed by atoms with E-state index in [2.05, 4.69) is 31.2 Å². The van der Waals surface area contributed by atoms with Crippen molar-refractivity contribution in [3.63, 3.8) is 0 Å². The lowest BCUT2D eigenvalue weighted by Gasteiger charge is -2.03. The molecule has 0 heterocycles. The molecule has 0 atom stereocenters. The Morgan fingerprint density at radius 3 is 1.87 bits per heavy atom. The molecule has 0 aliphatic carbocycles. The molecule has 0 aliphatic rings. The molecular formula is C14H22O. The van der Waals surface area contributed by atoms with Crippen molar-refractivity contribution < 1.29 is 5.11 Å². The van der Waals surface area contributed by atoms with Crippen LogP contribution in [0.3, 0.4) is 0 Å². The van der Waals surface area contributed by atoms with Crippen molar-refractivity contribution in [1.82, 2.24) is 0 Å². The van der Waals surface area contributed by atoms with Gasteiger partial charge in [-0.05, 0) is 36.8 Å². The smallest absolute Gasteiger partial charge is 0.0434 e. The maximum atomic E-state index is 8.73. The number of hydrogen-bond acceptors (Lipinski definition) is 1. The SMILES string of the molecule is CCCCCc1ccc(CCCO)cc1. The molecule has 1 rings (SSSR count). The summed E-state index contributed by atoms with van der Waals surface area (Å²) in [5.74, 6) is 0. The van der Waals surface area contributed by atoms with Gasteiger partial charge in [-0.15, -0.1) is 0 Å². The number of unbranched alkanes of at least 4 members (excludes halogenated alkanes) is 2. The third kappa shape index (κ3) is 4.98. The Balaban J connectivity index is 2.35. The van der Waals surface area contributed by atoms with Gasteiger partial charge in [0.1, 0.15) is 0 Å². The van der Waals surface area contributed by atoms with E-state index in [0.29, 0.717) is 0 Å². The van der Waals surface area contributed by atoms with Crippen LogP contribution in [0.2, 0.25) is 0 Å². The minimum Gasteiger partial charge on any atom is -0.396 e. The van der Waals surface area contributed by atoms with Gasteiger partial charge < -0.3 is 5.11 Å². The molecular weight excluding hydrogens is 184 g/mol. The van der Waals surface area contributed by atoms with Gasteiger partial charge >= 0.3 is 0 Å². The minimum absolute atomic E-state index is 0.290. The van der Waals surface area contributed by atoms with E-state index in [1.807, 2.05) is 0 Å². The lowest BCUT2D eigenvalue weighted by atomic mass is 10.0. The Bertz CT molecular complexity index is 251. The molecule has 15 heavy (non-hydrogen) atoms. The predicted molar refractivity (Wildman–Crippen MR) is 65.1 cm³/mol. The van der Waals surface area contributed by atoms with Gasteiger partial charge in [0.25, 0.3) is 0 Å². The highest BCUT2D eigenvalue weighted by molar-refractivity contribution is 5.22. The first-order valence-electron chi connectivity index (χ1n) is 6.05. The number of aryl methyl sites for hydroxylation is 2. The van der Waals surface area contributed by atoms with Crippen molar-refractivity contribution in [2.24, 2.45) is 0 Å². The molecule has 0 radical (unpaired) electrons. The molecule has 0 amide bonds. The summed E-state index contributed by atoms with van der Waals surface area (Å²) in [6.45, 7) is 2.52. The first-order chi connectivity index (χ1) is 7.36. The molecule has 1 aromatic rings. The molecule has 84 valence electrons. The Hall–Kier alpha value is -0.820. The van der Waals surface area contributed by atoms with Crippen molar-refractivity contribution >= 4 is 0 Å². The third-order valence-corrected chi connectivity index (χ3v) is 2.72. The summed E-state index contributed by atoms with van der Waals surface area (Å²) >= 11 is 0. The zero-order valence-electron chi connectivity index (χ0n) is 9.71.